The van der Waals surface area contributed by atoms with E-state index in [4.69, 9.17) is 4.42 Å². The van der Waals surface area contributed by atoms with Crippen LogP contribution in [0.25, 0.3) is 28.2 Å². The average molecular weight is 589 g/mol. The summed E-state index contributed by atoms with van der Waals surface area (Å²) in [4.78, 5) is 4.92. The monoisotopic (exact) mass is 588 g/mol. The molecule has 0 fully saturated rings. The maximum Gasteiger partial charge on any atom is 0.252 e. The van der Waals surface area contributed by atoms with Crippen molar-refractivity contribution in [1.82, 2.24) is 0 Å². The Balaban J connectivity index is 1.26. The first kappa shape index (κ1) is 25.6. The van der Waals surface area contributed by atoms with E-state index in [1.165, 1.54) is 55.7 Å². The van der Waals surface area contributed by atoms with Crippen LogP contribution in [-0.4, -0.2) is 6.71 Å². The van der Waals surface area contributed by atoms with Crippen LogP contribution in [0.4, 0.5) is 34.1 Å². The summed E-state index contributed by atoms with van der Waals surface area (Å²) < 4.78 is 6.43. The molecule has 6 aromatic carbocycles. The molecule has 10 rings (SSSR count). The van der Waals surface area contributed by atoms with Crippen LogP contribution in [0.2, 0.25) is 0 Å². The van der Waals surface area contributed by atoms with Crippen molar-refractivity contribution in [1.29, 1.82) is 0 Å². The number of fused-ring (bicyclic) bond motifs is 7. The second-order valence-corrected chi connectivity index (χ2v) is 12.4. The number of hydrogen-bond acceptors (Lipinski definition) is 3. The van der Waals surface area contributed by atoms with E-state index >= 15 is 0 Å². The smallest absolute Gasteiger partial charge is 0.252 e. The lowest BCUT2D eigenvalue weighted by atomic mass is 9.33. The molecule has 0 N–H and O–H groups in total. The molecule has 3 heterocycles. The normalized spacial score (nSPS) is 14.1. The molecule has 0 unspecified atom stereocenters. The molecule has 46 heavy (non-hydrogen) atoms. The molecule has 0 amide bonds. The van der Waals surface area contributed by atoms with Crippen LogP contribution >= 0.6 is 0 Å². The highest BCUT2D eigenvalue weighted by Crippen LogP contribution is 2.47. The summed E-state index contributed by atoms with van der Waals surface area (Å²) in [6.07, 6.45) is 6.44. The SMILES string of the molecule is C1=Cc2oc3cc(-c4cccc5c4N(c4ccccc4)c4cccc6c4B5c4ccccc4N6c4ccccc4)ccc3c2CC1. The van der Waals surface area contributed by atoms with Gasteiger partial charge in [0.2, 0.25) is 0 Å². The Morgan fingerprint density at radius 2 is 1.26 bits per heavy atom. The Morgan fingerprint density at radius 3 is 2.09 bits per heavy atom. The number of anilines is 6. The van der Waals surface area contributed by atoms with Gasteiger partial charge in [-0.25, -0.2) is 0 Å². The predicted molar refractivity (Wildman–Crippen MR) is 193 cm³/mol. The Hall–Kier alpha value is -5.74. The molecule has 0 atom stereocenters. The number of benzene rings is 6. The molecule has 1 aliphatic carbocycles. The lowest BCUT2D eigenvalue weighted by molar-refractivity contribution is 0.595. The van der Waals surface area contributed by atoms with Crippen LogP contribution in [0, 0.1) is 0 Å². The number of nitrogens with zero attached hydrogens (tertiary/aromatic N) is 2. The maximum atomic E-state index is 6.43. The molecule has 7 aromatic rings. The molecule has 3 aliphatic rings. The average Bonchev–Trinajstić information content (AvgIpc) is 3.50. The molecule has 216 valence electrons. The van der Waals surface area contributed by atoms with E-state index in [2.05, 4.69) is 161 Å². The quantitative estimate of drug-likeness (QED) is 0.192. The van der Waals surface area contributed by atoms with Gasteiger partial charge in [-0.2, -0.15) is 0 Å². The van der Waals surface area contributed by atoms with E-state index in [9.17, 15) is 0 Å². The minimum atomic E-state index is 0.0852. The zero-order valence-corrected chi connectivity index (χ0v) is 25.2. The minimum Gasteiger partial charge on any atom is -0.456 e. The Labute approximate surface area is 268 Å². The fraction of sp³-hybridized carbons (Fsp3) is 0.0476. The number of para-hydroxylation sites is 4. The topological polar surface area (TPSA) is 19.6 Å². The van der Waals surface area contributed by atoms with E-state index < -0.39 is 0 Å². The van der Waals surface area contributed by atoms with E-state index in [1.54, 1.807) is 0 Å². The van der Waals surface area contributed by atoms with Gasteiger partial charge in [0.1, 0.15) is 11.3 Å². The zero-order valence-electron chi connectivity index (χ0n) is 25.2. The Kier molecular flexibility index (Phi) is 5.50. The molecule has 0 saturated heterocycles. The van der Waals surface area contributed by atoms with Crippen molar-refractivity contribution < 1.29 is 4.42 Å². The number of aryl methyl sites for hydroxylation is 1. The molecule has 0 bridgehead atoms. The van der Waals surface area contributed by atoms with Crippen LogP contribution < -0.4 is 26.2 Å². The molecular weight excluding hydrogens is 559 g/mol. The van der Waals surface area contributed by atoms with Gasteiger partial charge in [0.25, 0.3) is 6.71 Å². The third-order valence-electron chi connectivity index (χ3n) is 9.92. The van der Waals surface area contributed by atoms with Gasteiger partial charge in [-0.1, -0.05) is 97.1 Å². The van der Waals surface area contributed by atoms with Crippen LogP contribution in [0.5, 0.6) is 0 Å². The fourth-order valence-corrected chi connectivity index (χ4v) is 8.02. The van der Waals surface area contributed by atoms with Gasteiger partial charge in [-0.3, -0.25) is 0 Å². The third kappa shape index (κ3) is 3.61. The van der Waals surface area contributed by atoms with Crippen molar-refractivity contribution in [2.75, 3.05) is 9.80 Å². The second-order valence-electron chi connectivity index (χ2n) is 12.4. The molecule has 4 heteroatoms. The maximum absolute atomic E-state index is 6.43. The number of rotatable bonds is 3. The molecule has 0 radical (unpaired) electrons. The van der Waals surface area contributed by atoms with Crippen LogP contribution in [-0.2, 0) is 6.42 Å². The number of hydrogen-bond donors (Lipinski definition) is 0. The van der Waals surface area contributed by atoms with Gasteiger partial charge in [0.05, 0.1) is 0 Å². The van der Waals surface area contributed by atoms with E-state index in [1.807, 2.05) is 0 Å². The summed E-state index contributed by atoms with van der Waals surface area (Å²) in [5.74, 6) is 1.00. The van der Waals surface area contributed by atoms with Gasteiger partial charge in [0, 0.05) is 50.6 Å². The van der Waals surface area contributed by atoms with Crippen molar-refractivity contribution >= 4 is 74.3 Å². The second kappa shape index (κ2) is 9.88. The van der Waals surface area contributed by atoms with E-state index in [0.717, 1.165) is 41.1 Å². The number of furan rings is 1. The predicted octanol–water partition coefficient (Wildman–Crippen LogP) is 9.14. The third-order valence-corrected chi connectivity index (χ3v) is 9.92. The van der Waals surface area contributed by atoms with Gasteiger partial charge >= 0.3 is 0 Å². The largest absolute Gasteiger partial charge is 0.456 e. The summed E-state index contributed by atoms with van der Waals surface area (Å²) in [7, 11) is 0. The fourth-order valence-electron chi connectivity index (χ4n) is 8.02. The molecule has 3 nitrogen and oxygen atoms in total. The molecule has 1 aromatic heterocycles. The van der Waals surface area contributed by atoms with Crippen molar-refractivity contribution in [3.05, 3.63) is 157 Å². The summed E-state index contributed by atoms with van der Waals surface area (Å²) in [5.41, 5.74) is 15.8. The highest BCUT2D eigenvalue weighted by molar-refractivity contribution is 7.00. The molecule has 2 aliphatic heterocycles. The summed E-state index contributed by atoms with van der Waals surface area (Å²) in [6, 6.07) is 50.9. The zero-order chi connectivity index (χ0) is 30.2. The molecule has 0 spiro atoms. The lowest BCUT2D eigenvalue weighted by Crippen LogP contribution is -2.61. The van der Waals surface area contributed by atoms with E-state index in [-0.39, 0.29) is 6.71 Å². The summed E-state index contributed by atoms with van der Waals surface area (Å²) >= 11 is 0. The van der Waals surface area contributed by atoms with Crippen molar-refractivity contribution in [2.45, 2.75) is 12.8 Å². The van der Waals surface area contributed by atoms with Crippen molar-refractivity contribution in [3.8, 4) is 11.1 Å². The van der Waals surface area contributed by atoms with Gasteiger partial charge in [-0.15, -0.1) is 0 Å². The first-order chi connectivity index (χ1) is 22.8. The Morgan fingerprint density at radius 1 is 0.587 bits per heavy atom. The first-order valence-electron chi connectivity index (χ1n) is 16.1. The standard InChI is InChI=1S/C42H29BN2O/c1-3-13-29(14-4-1)44-36-21-9-8-19-34(36)43-35-20-11-18-31(28-25-26-33-32-17-7-10-24-39(32)46-40(33)27-28)42(35)45(30-15-5-2-6-16-30)38-23-12-22-37(44)41(38)43/h1-6,8-16,18-27H,7,17H2. The van der Waals surface area contributed by atoms with Gasteiger partial charge in [0.15, 0.2) is 0 Å². The molecule has 0 saturated carbocycles. The van der Waals surface area contributed by atoms with Gasteiger partial charge < -0.3 is 14.2 Å². The van der Waals surface area contributed by atoms with E-state index in [0.29, 0.717) is 0 Å². The minimum absolute atomic E-state index is 0.0852. The molecular formula is C42H29BN2O. The highest BCUT2D eigenvalue weighted by Gasteiger charge is 2.43. The highest BCUT2D eigenvalue weighted by atomic mass is 16.3. The Bertz CT molecular complexity index is 2340. The van der Waals surface area contributed by atoms with Crippen molar-refractivity contribution in [3.63, 3.8) is 0 Å². The summed E-state index contributed by atoms with van der Waals surface area (Å²) in [5, 5.41) is 1.23. The van der Waals surface area contributed by atoms with Gasteiger partial charge in [-0.05, 0) is 89.4 Å². The summed E-state index contributed by atoms with van der Waals surface area (Å²) in [6.45, 7) is 0.0852. The van der Waals surface area contributed by atoms with Crippen LogP contribution in [0.15, 0.2) is 150 Å². The first-order valence-corrected chi connectivity index (χ1v) is 16.1. The lowest BCUT2D eigenvalue weighted by Gasteiger charge is -2.44. The number of allylic oxidation sites excluding steroid dienone is 1. The van der Waals surface area contributed by atoms with Crippen LogP contribution in [0.1, 0.15) is 17.7 Å². The van der Waals surface area contributed by atoms with Crippen molar-refractivity contribution in [2.24, 2.45) is 0 Å². The van der Waals surface area contributed by atoms with Crippen LogP contribution in [0.3, 0.4) is 0 Å².